The van der Waals surface area contributed by atoms with Crippen LogP contribution in [0.1, 0.15) is 26.3 Å². The Kier molecular flexibility index (Phi) is 9.37. The standard InChI is InChI=1S/C31H27Cl5N6O3/c1-5-19(43)40-8-10-41(11-9-40)28-16-12-18(32)26(20-21(33)23(35)24(36)29(44)22(20)34)39-30(16)42(31(45)17(28)13-37)27-15(4)6-7-38-25(27)14(2)3/h5-7,12,14,25,38,44H,1,8-11H2,2-4H3. The average molecular weight is 709 g/mol. The van der Waals surface area contributed by atoms with E-state index in [9.17, 15) is 20.0 Å². The van der Waals surface area contributed by atoms with E-state index in [1.807, 2.05) is 37.9 Å². The van der Waals surface area contributed by atoms with Crippen molar-refractivity contribution < 1.29 is 9.90 Å². The van der Waals surface area contributed by atoms with Crippen molar-refractivity contribution in [2.24, 2.45) is 5.92 Å². The number of dihydropyridines is 1. The van der Waals surface area contributed by atoms with Gasteiger partial charge in [-0.1, -0.05) is 78.4 Å². The summed E-state index contributed by atoms with van der Waals surface area (Å²) in [6.07, 6.45) is 4.90. The zero-order chi connectivity index (χ0) is 32.9. The number of carbonyl (C=O) groups excluding carboxylic acids is 1. The number of allylic oxidation sites excluding steroid dienone is 2. The van der Waals surface area contributed by atoms with E-state index in [-0.39, 0.29) is 65.4 Å². The minimum atomic E-state index is -0.586. The summed E-state index contributed by atoms with van der Waals surface area (Å²) in [6.45, 7) is 10.8. The summed E-state index contributed by atoms with van der Waals surface area (Å²) in [5.74, 6) is -0.681. The third kappa shape index (κ3) is 5.53. The van der Waals surface area contributed by atoms with E-state index in [0.29, 0.717) is 42.9 Å². The molecule has 1 fully saturated rings. The Bertz CT molecular complexity index is 1910. The number of phenols is 1. The molecule has 0 radical (unpaired) electrons. The van der Waals surface area contributed by atoms with Crippen LogP contribution < -0.4 is 15.8 Å². The van der Waals surface area contributed by atoms with Gasteiger partial charge >= 0.3 is 0 Å². The molecule has 1 atom stereocenters. The number of nitrogens with one attached hydrogen (secondary N) is 1. The Balaban J connectivity index is 1.90. The van der Waals surface area contributed by atoms with Crippen molar-refractivity contribution in [1.29, 1.82) is 5.26 Å². The lowest BCUT2D eigenvalue weighted by atomic mass is 9.94. The first-order valence-corrected chi connectivity index (χ1v) is 15.8. The zero-order valence-electron chi connectivity index (χ0n) is 24.4. The lowest BCUT2D eigenvalue weighted by Crippen LogP contribution is -2.49. The molecule has 0 aliphatic carbocycles. The number of fused-ring (bicyclic) bond motifs is 1. The van der Waals surface area contributed by atoms with E-state index in [2.05, 4.69) is 18.0 Å². The summed E-state index contributed by atoms with van der Waals surface area (Å²) < 4.78 is 1.42. The number of nitriles is 1. The molecule has 45 heavy (non-hydrogen) atoms. The van der Waals surface area contributed by atoms with Crippen LogP contribution in [0.3, 0.4) is 0 Å². The average Bonchev–Trinajstić information content (AvgIpc) is 3.02. The number of aromatic hydroxyl groups is 1. The van der Waals surface area contributed by atoms with Crippen molar-refractivity contribution >= 4 is 86.3 Å². The number of amides is 1. The molecule has 4 heterocycles. The number of hydrogen-bond acceptors (Lipinski definition) is 7. The monoisotopic (exact) mass is 706 g/mol. The smallest absolute Gasteiger partial charge is 0.276 e. The molecule has 2 aliphatic rings. The Labute approximate surface area is 284 Å². The molecule has 1 amide bonds. The van der Waals surface area contributed by atoms with Crippen LogP contribution in [0.5, 0.6) is 5.75 Å². The maximum atomic E-state index is 14.5. The van der Waals surface area contributed by atoms with Gasteiger partial charge in [-0.2, -0.15) is 5.26 Å². The number of carbonyl (C=O) groups is 1. The van der Waals surface area contributed by atoms with Crippen molar-refractivity contribution in [3.8, 4) is 23.1 Å². The van der Waals surface area contributed by atoms with Gasteiger partial charge in [0.05, 0.1) is 43.2 Å². The summed E-state index contributed by atoms with van der Waals surface area (Å²) in [6, 6.07) is 3.40. The molecule has 1 aromatic carbocycles. The molecule has 2 N–H and O–H groups in total. The second-order valence-corrected chi connectivity index (χ2v) is 12.9. The number of pyridine rings is 2. The normalized spacial score (nSPS) is 16.8. The van der Waals surface area contributed by atoms with Crippen LogP contribution in [0, 0.1) is 17.2 Å². The number of anilines is 1. The van der Waals surface area contributed by atoms with Crippen LogP contribution in [0.4, 0.5) is 5.69 Å². The third-order valence-corrected chi connectivity index (χ3v) is 9.94. The highest BCUT2D eigenvalue weighted by Crippen LogP contribution is 2.51. The number of hydrogen-bond donors (Lipinski definition) is 2. The number of aromatic nitrogens is 2. The van der Waals surface area contributed by atoms with E-state index in [1.54, 1.807) is 11.0 Å². The van der Waals surface area contributed by atoms with Crippen LogP contribution >= 0.6 is 58.0 Å². The van der Waals surface area contributed by atoms with Gasteiger partial charge < -0.3 is 20.2 Å². The summed E-state index contributed by atoms with van der Waals surface area (Å²) in [4.78, 5) is 35.1. The van der Waals surface area contributed by atoms with Crippen LogP contribution in [-0.2, 0) is 4.79 Å². The summed E-state index contributed by atoms with van der Waals surface area (Å²) >= 11 is 32.5. The van der Waals surface area contributed by atoms with Gasteiger partial charge in [0.1, 0.15) is 22.3 Å². The molecule has 3 aromatic rings. The van der Waals surface area contributed by atoms with Crippen molar-refractivity contribution in [2.75, 3.05) is 31.1 Å². The van der Waals surface area contributed by atoms with E-state index in [1.165, 1.54) is 10.6 Å². The number of rotatable bonds is 5. The van der Waals surface area contributed by atoms with E-state index in [0.717, 1.165) is 5.57 Å². The minimum absolute atomic E-state index is 0.0198. The van der Waals surface area contributed by atoms with Gasteiger partial charge in [0.15, 0.2) is 5.75 Å². The van der Waals surface area contributed by atoms with Crippen LogP contribution in [0.15, 0.2) is 41.4 Å². The maximum Gasteiger partial charge on any atom is 0.276 e. The van der Waals surface area contributed by atoms with E-state index >= 15 is 0 Å². The highest BCUT2D eigenvalue weighted by atomic mass is 35.5. The molecule has 2 aliphatic heterocycles. The largest absolute Gasteiger partial charge is 0.505 e. The molecule has 14 heteroatoms. The molecule has 0 bridgehead atoms. The van der Waals surface area contributed by atoms with E-state index in [4.69, 9.17) is 63.0 Å². The lowest BCUT2D eigenvalue weighted by molar-refractivity contribution is -0.126. The first-order chi connectivity index (χ1) is 21.3. The highest BCUT2D eigenvalue weighted by Gasteiger charge is 2.33. The van der Waals surface area contributed by atoms with Gasteiger partial charge in [0, 0.05) is 37.1 Å². The second-order valence-electron chi connectivity index (χ2n) is 11.0. The summed E-state index contributed by atoms with van der Waals surface area (Å²) in [5.41, 5.74) is 1.27. The van der Waals surface area contributed by atoms with Gasteiger partial charge in [0.25, 0.3) is 5.56 Å². The van der Waals surface area contributed by atoms with Crippen molar-refractivity contribution in [1.82, 2.24) is 19.8 Å². The van der Waals surface area contributed by atoms with Crippen molar-refractivity contribution in [2.45, 2.75) is 26.8 Å². The third-order valence-electron chi connectivity index (χ3n) is 7.96. The molecular weight excluding hydrogens is 682 g/mol. The number of phenolic OH excluding ortho intramolecular Hbond substituents is 1. The first kappa shape index (κ1) is 33.0. The summed E-state index contributed by atoms with van der Waals surface area (Å²) in [5, 5.41) is 24.1. The van der Waals surface area contributed by atoms with Crippen molar-refractivity contribution in [3.05, 3.63) is 77.6 Å². The molecule has 0 spiro atoms. The van der Waals surface area contributed by atoms with Gasteiger partial charge in [-0.25, -0.2) is 4.98 Å². The topological polar surface area (TPSA) is 114 Å². The fourth-order valence-electron chi connectivity index (χ4n) is 5.71. The van der Waals surface area contributed by atoms with Crippen molar-refractivity contribution in [3.63, 3.8) is 0 Å². The van der Waals surface area contributed by atoms with Gasteiger partial charge in [-0.15, -0.1) is 0 Å². The van der Waals surface area contributed by atoms with Crippen LogP contribution in [0.2, 0.25) is 25.1 Å². The fourth-order valence-corrected chi connectivity index (χ4v) is 7.04. The number of piperazine rings is 1. The molecule has 1 unspecified atom stereocenters. The number of benzene rings is 1. The highest BCUT2D eigenvalue weighted by molar-refractivity contribution is 6.52. The molecule has 234 valence electrons. The van der Waals surface area contributed by atoms with Crippen LogP contribution in [0.25, 0.3) is 28.0 Å². The second kappa shape index (κ2) is 12.8. The van der Waals surface area contributed by atoms with Gasteiger partial charge in [0.2, 0.25) is 5.91 Å². The van der Waals surface area contributed by atoms with E-state index < -0.39 is 11.3 Å². The Hall–Kier alpha value is -3.39. The quantitative estimate of drug-likeness (QED) is 0.165. The number of halogens is 5. The Morgan fingerprint density at radius 1 is 1.13 bits per heavy atom. The minimum Gasteiger partial charge on any atom is -0.505 e. The van der Waals surface area contributed by atoms with Gasteiger partial charge in [-0.3, -0.25) is 14.2 Å². The Morgan fingerprint density at radius 2 is 1.80 bits per heavy atom. The lowest BCUT2D eigenvalue weighted by Gasteiger charge is -2.37. The predicted octanol–water partition coefficient (Wildman–Crippen LogP) is 7.11. The first-order valence-electron chi connectivity index (χ1n) is 13.9. The molecule has 0 saturated carbocycles. The predicted molar refractivity (Wildman–Crippen MR) is 182 cm³/mol. The number of nitrogens with zero attached hydrogens (tertiary/aromatic N) is 5. The Morgan fingerprint density at radius 3 is 2.40 bits per heavy atom. The summed E-state index contributed by atoms with van der Waals surface area (Å²) in [7, 11) is 0. The van der Waals surface area contributed by atoms with Crippen LogP contribution in [-0.4, -0.2) is 57.7 Å². The molecule has 1 saturated heterocycles. The zero-order valence-corrected chi connectivity index (χ0v) is 28.2. The fraction of sp³-hybridized carbons (Fsp3) is 0.290. The molecule has 9 nitrogen and oxygen atoms in total. The van der Waals surface area contributed by atoms with Gasteiger partial charge in [-0.05, 0) is 42.8 Å². The molecular formula is C31H27Cl5N6O3. The SMILES string of the molecule is C=CC(=O)N1CCN(c2c(C#N)c(=O)n(C3=C(C)C=CNC3C(C)C)c3nc(-c4c(Cl)c(O)c(Cl)c(Cl)c4Cl)c(Cl)cc23)CC1. The molecule has 5 rings (SSSR count). The molecule has 2 aromatic heterocycles. The maximum absolute atomic E-state index is 14.5.